The van der Waals surface area contributed by atoms with E-state index >= 15 is 0 Å². The molecule has 0 saturated heterocycles. The summed E-state index contributed by atoms with van der Waals surface area (Å²) in [4.78, 5) is 15.2. The quantitative estimate of drug-likeness (QED) is 0.732. The summed E-state index contributed by atoms with van der Waals surface area (Å²) in [5, 5.41) is 12.1. The number of hydrogen-bond acceptors (Lipinski definition) is 4. The van der Waals surface area contributed by atoms with Crippen LogP contribution in [-0.2, 0) is 0 Å². The van der Waals surface area contributed by atoms with Crippen molar-refractivity contribution in [3.63, 3.8) is 0 Å². The van der Waals surface area contributed by atoms with Gasteiger partial charge in [0.05, 0.1) is 0 Å². The second-order valence-electron chi connectivity index (χ2n) is 3.78. The van der Waals surface area contributed by atoms with Crippen LogP contribution in [0.2, 0.25) is 0 Å². The zero-order chi connectivity index (χ0) is 12.7. The maximum Gasteiger partial charge on any atom is 0.339 e. The molecule has 5 heteroatoms. The molecule has 0 atom stereocenters. The third kappa shape index (κ3) is 4.65. The van der Waals surface area contributed by atoms with E-state index in [0.717, 1.165) is 30.8 Å². The molecule has 1 aromatic heterocycles. The molecule has 2 N–H and O–H groups in total. The predicted molar refractivity (Wildman–Crippen MR) is 72.0 cm³/mol. The van der Waals surface area contributed by atoms with Crippen molar-refractivity contribution in [3.8, 4) is 0 Å². The van der Waals surface area contributed by atoms with E-state index in [1.165, 1.54) is 0 Å². The summed E-state index contributed by atoms with van der Waals surface area (Å²) in [6.45, 7) is 2.61. The minimum atomic E-state index is -0.941. The van der Waals surface area contributed by atoms with E-state index in [4.69, 9.17) is 5.11 Å². The van der Waals surface area contributed by atoms with Gasteiger partial charge in [-0.25, -0.2) is 9.78 Å². The molecular weight excluding hydrogens is 236 g/mol. The number of unbranched alkanes of at least 4 members (excludes halogenated alkanes) is 1. The molecule has 0 radical (unpaired) electrons. The van der Waals surface area contributed by atoms with Crippen LogP contribution in [0.25, 0.3) is 0 Å². The zero-order valence-corrected chi connectivity index (χ0v) is 11.0. The van der Waals surface area contributed by atoms with Gasteiger partial charge >= 0.3 is 5.97 Å². The number of pyridine rings is 1. The van der Waals surface area contributed by atoms with Crippen molar-refractivity contribution >= 4 is 23.5 Å². The first kappa shape index (κ1) is 13.8. The Morgan fingerprint density at radius 3 is 2.88 bits per heavy atom. The third-order valence-electron chi connectivity index (χ3n) is 2.33. The van der Waals surface area contributed by atoms with Gasteiger partial charge in [-0.2, -0.15) is 11.8 Å². The van der Waals surface area contributed by atoms with E-state index in [0.29, 0.717) is 5.82 Å². The minimum absolute atomic E-state index is 0.237. The van der Waals surface area contributed by atoms with Gasteiger partial charge in [-0.05, 0) is 43.9 Å². The van der Waals surface area contributed by atoms with Crippen molar-refractivity contribution in [1.82, 2.24) is 4.98 Å². The highest BCUT2D eigenvalue weighted by molar-refractivity contribution is 7.98. The summed E-state index contributed by atoms with van der Waals surface area (Å²) in [7, 11) is 0. The monoisotopic (exact) mass is 254 g/mol. The third-order valence-corrected chi connectivity index (χ3v) is 3.03. The van der Waals surface area contributed by atoms with Gasteiger partial charge in [0.2, 0.25) is 0 Å². The summed E-state index contributed by atoms with van der Waals surface area (Å²) >= 11 is 1.82. The smallest absolute Gasteiger partial charge is 0.339 e. The molecule has 0 saturated carbocycles. The number of thioether (sulfide) groups is 1. The minimum Gasteiger partial charge on any atom is -0.478 e. The van der Waals surface area contributed by atoms with Crippen LogP contribution in [0, 0.1) is 6.92 Å². The van der Waals surface area contributed by atoms with Gasteiger partial charge in [-0.15, -0.1) is 0 Å². The Kier molecular flexibility index (Phi) is 5.83. The number of nitrogens with zero attached hydrogens (tertiary/aromatic N) is 1. The summed E-state index contributed by atoms with van der Waals surface area (Å²) in [5.74, 6) is 0.667. The molecule has 0 aromatic carbocycles. The van der Waals surface area contributed by atoms with Crippen LogP contribution in [0.1, 0.15) is 28.9 Å². The van der Waals surface area contributed by atoms with Crippen LogP contribution in [0.15, 0.2) is 12.1 Å². The van der Waals surface area contributed by atoms with Crippen LogP contribution in [-0.4, -0.2) is 34.6 Å². The second-order valence-corrected chi connectivity index (χ2v) is 4.77. The summed E-state index contributed by atoms with van der Waals surface area (Å²) in [6, 6.07) is 3.30. The predicted octanol–water partition coefficient (Wildman–Crippen LogP) is 2.64. The molecule has 0 aliphatic rings. The van der Waals surface area contributed by atoms with Gasteiger partial charge in [-0.3, -0.25) is 0 Å². The molecule has 1 rings (SSSR count). The standard InChI is InChI=1S/C12H18N2O2S/c1-9-5-6-10(12(15)16)11(14-9)13-7-3-4-8-17-2/h5-6H,3-4,7-8H2,1-2H3,(H,13,14)(H,15,16). The average Bonchev–Trinajstić information content (AvgIpc) is 2.28. The molecule has 0 bridgehead atoms. The molecule has 17 heavy (non-hydrogen) atoms. The molecule has 0 fully saturated rings. The number of anilines is 1. The largest absolute Gasteiger partial charge is 0.478 e. The molecule has 1 aromatic rings. The molecule has 94 valence electrons. The molecule has 0 aliphatic carbocycles. The highest BCUT2D eigenvalue weighted by Gasteiger charge is 2.10. The fourth-order valence-corrected chi connectivity index (χ4v) is 1.94. The number of nitrogens with one attached hydrogen (secondary N) is 1. The zero-order valence-electron chi connectivity index (χ0n) is 10.2. The molecule has 0 spiro atoms. The Bertz CT molecular complexity index is 383. The lowest BCUT2D eigenvalue weighted by Gasteiger charge is -2.09. The average molecular weight is 254 g/mol. The van der Waals surface area contributed by atoms with Crippen molar-refractivity contribution in [2.24, 2.45) is 0 Å². The van der Waals surface area contributed by atoms with Crippen LogP contribution in [0.4, 0.5) is 5.82 Å². The van der Waals surface area contributed by atoms with E-state index in [9.17, 15) is 4.79 Å². The summed E-state index contributed by atoms with van der Waals surface area (Å²) in [5.41, 5.74) is 1.06. The molecule has 0 unspecified atom stereocenters. The van der Waals surface area contributed by atoms with Crippen molar-refractivity contribution in [1.29, 1.82) is 0 Å². The maximum absolute atomic E-state index is 11.0. The molecule has 0 amide bonds. The maximum atomic E-state index is 11.0. The lowest BCUT2D eigenvalue weighted by atomic mass is 10.2. The summed E-state index contributed by atoms with van der Waals surface area (Å²) < 4.78 is 0. The number of carboxylic acids is 1. The molecular formula is C12H18N2O2S. The Morgan fingerprint density at radius 1 is 1.47 bits per heavy atom. The number of hydrogen-bond donors (Lipinski definition) is 2. The lowest BCUT2D eigenvalue weighted by Crippen LogP contribution is -2.10. The highest BCUT2D eigenvalue weighted by atomic mass is 32.2. The number of aromatic nitrogens is 1. The molecule has 0 aliphatic heterocycles. The van der Waals surface area contributed by atoms with Gasteiger partial charge in [0.15, 0.2) is 0 Å². The van der Waals surface area contributed by atoms with Crippen molar-refractivity contribution in [2.75, 3.05) is 23.9 Å². The van der Waals surface area contributed by atoms with E-state index in [1.807, 2.05) is 18.7 Å². The lowest BCUT2D eigenvalue weighted by molar-refractivity contribution is 0.0697. The second kappa shape index (κ2) is 7.17. The first-order chi connectivity index (χ1) is 8.15. The highest BCUT2D eigenvalue weighted by Crippen LogP contribution is 2.13. The van der Waals surface area contributed by atoms with E-state index in [-0.39, 0.29) is 5.56 Å². The van der Waals surface area contributed by atoms with E-state index in [2.05, 4.69) is 16.6 Å². The van der Waals surface area contributed by atoms with Crippen molar-refractivity contribution < 1.29 is 9.90 Å². The fourth-order valence-electron chi connectivity index (χ4n) is 1.44. The first-order valence-corrected chi connectivity index (χ1v) is 6.98. The van der Waals surface area contributed by atoms with Crippen molar-refractivity contribution in [3.05, 3.63) is 23.4 Å². The number of aromatic carboxylic acids is 1. The van der Waals surface area contributed by atoms with Crippen LogP contribution in [0.3, 0.4) is 0 Å². The normalized spacial score (nSPS) is 10.2. The fraction of sp³-hybridized carbons (Fsp3) is 0.500. The Labute approximate surface area is 106 Å². The number of aryl methyl sites for hydroxylation is 1. The van der Waals surface area contributed by atoms with Gasteiger partial charge in [0, 0.05) is 12.2 Å². The van der Waals surface area contributed by atoms with Crippen molar-refractivity contribution in [2.45, 2.75) is 19.8 Å². The first-order valence-electron chi connectivity index (χ1n) is 5.59. The number of carbonyl (C=O) groups is 1. The van der Waals surface area contributed by atoms with Gasteiger partial charge in [0.25, 0.3) is 0 Å². The van der Waals surface area contributed by atoms with Gasteiger partial charge in [0.1, 0.15) is 11.4 Å². The van der Waals surface area contributed by atoms with E-state index < -0.39 is 5.97 Å². The molecule has 4 nitrogen and oxygen atoms in total. The van der Waals surface area contributed by atoms with Gasteiger partial charge in [-0.1, -0.05) is 0 Å². The van der Waals surface area contributed by atoms with Gasteiger partial charge < -0.3 is 10.4 Å². The SMILES string of the molecule is CSCCCCNc1nc(C)ccc1C(=O)O. The van der Waals surface area contributed by atoms with E-state index in [1.54, 1.807) is 12.1 Å². The Balaban J connectivity index is 2.56. The number of carboxylic acid groups (broad SMARTS) is 1. The van der Waals surface area contributed by atoms with Crippen LogP contribution >= 0.6 is 11.8 Å². The number of rotatable bonds is 7. The Morgan fingerprint density at radius 2 is 2.24 bits per heavy atom. The van der Waals surface area contributed by atoms with Crippen LogP contribution in [0.5, 0.6) is 0 Å². The summed E-state index contributed by atoms with van der Waals surface area (Å²) in [6.07, 6.45) is 4.23. The van der Waals surface area contributed by atoms with Crippen LogP contribution < -0.4 is 5.32 Å². The topological polar surface area (TPSA) is 62.2 Å². The molecule has 1 heterocycles. The Hall–Kier alpha value is -1.23.